The van der Waals surface area contributed by atoms with E-state index in [1.165, 1.54) is 12.1 Å². The molecule has 0 bridgehead atoms. The van der Waals surface area contributed by atoms with Gasteiger partial charge in [0.25, 0.3) is 5.69 Å². The molecule has 0 amide bonds. The number of piperazine rings is 1. The highest BCUT2D eigenvalue weighted by atomic mass is 127. The van der Waals surface area contributed by atoms with Crippen LogP contribution in [0.1, 0.15) is 19.4 Å². The maximum Gasteiger partial charge on any atom is 0.269 e. The first-order chi connectivity index (χ1) is 14.0. The number of nitrogens with zero attached hydrogens (tertiary/aromatic N) is 5. The molecule has 162 valence electrons. The number of nitro groups is 1. The molecule has 30 heavy (non-hydrogen) atoms. The van der Waals surface area contributed by atoms with E-state index in [0.717, 1.165) is 50.1 Å². The van der Waals surface area contributed by atoms with Crippen LogP contribution < -0.4 is 10.2 Å². The zero-order valence-corrected chi connectivity index (χ0v) is 19.7. The van der Waals surface area contributed by atoms with Gasteiger partial charge < -0.3 is 15.1 Å². The number of rotatable bonds is 6. The van der Waals surface area contributed by atoms with Crippen molar-refractivity contribution >= 4 is 41.4 Å². The van der Waals surface area contributed by atoms with Crippen molar-refractivity contribution in [1.82, 2.24) is 15.2 Å². The predicted molar refractivity (Wildman–Crippen MR) is 131 cm³/mol. The average molecular weight is 524 g/mol. The number of benzene rings is 1. The lowest BCUT2D eigenvalue weighted by Crippen LogP contribution is -2.53. The predicted octanol–water partition coefficient (Wildman–Crippen LogP) is 3.53. The first-order valence-electron chi connectivity index (χ1n) is 9.95. The van der Waals surface area contributed by atoms with E-state index in [-0.39, 0.29) is 34.6 Å². The molecule has 0 unspecified atom stereocenters. The first kappa shape index (κ1) is 23.8. The Morgan fingerprint density at radius 2 is 1.87 bits per heavy atom. The van der Waals surface area contributed by atoms with Crippen molar-refractivity contribution < 1.29 is 4.92 Å². The van der Waals surface area contributed by atoms with Gasteiger partial charge in [-0.15, -0.1) is 24.0 Å². The van der Waals surface area contributed by atoms with E-state index < -0.39 is 0 Å². The fourth-order valence-electron chi connectivity index (χ4n) is 3.14. The standard InChI is InChI=1S/C21H28N6O2.HI/c1-17(2)15-23-21(24-16-18-6-8-19(9-7-18)27(28)29)26-13-11-25(12-14-26)20-5-3-4-10-22-20;/h3-10,17H,11-16H2,1-2H3,(H,23,24);1H. The van der Waals surface area contributed by atoms with E-state index in [4.69, 9.17) is 4.99 Å². The van der Waals surface area contributed by atoms with Crippen molar-refractivity contribution in [2.24, 2.45) is 10.9 Å². The molecular weight excluding hydrogens is 495 g/mol. The Balaban J connectivity index is 0.00000320. The molecule has 1 aliphatic rings. The summed E-state index contributed by atoms with van der Waals surface area (Å²) >= 11 is 0. The van der Waals surface area contributed by atoms with Crippen LogP contribution in [0.2, 0.25) is 0 Å². The Labute approximate surface area is 194 Å². The molecule has 1 aromatic heterocycles. The molecule has 9 heteroatoms. The van der Waals surface area contributed by atoms with E-state index in [0.29, 0.717) is 12.5 Å². The van der Waals surface area contributed by atoms with Crippen LogP contribution in [0.25, 0.3) is 0 Å². The molecular formula is C21H29IN6O2. The maximum absolute atomic E-state index is 10.8. The lowest BCUT2D eigenvalue weighted by Gasteiger charge is -2.37. The Kier molecular flexibility index (Phi) is 9.28. The molecule has 2 heterocycles. The van der Waals surface area contributed by atoms with Crippen LogP contribution >= 0.6 is 24.0 Å². The molecule has 1 N–H and O–H groups in total. The summed E-state index contributed by atoms with van der Waals surface area (Å²) < 4.78 is 0. The first-order valence-corrected chi connectivity index (χ1v) is 9.95. The highest BCUT2D eigenvalue weighted by Crippen LogP contribution is 2.14. The highest BCUT2D eigenvalue weighted by molar-refractivity contribution is 14.0. The van der Waals surface area contributed by atoms with Crippen molar-refractivity contribution in [3.05, 3.63) is 64.3 Å². The highest BCUT2D eigenvalue weighted by Gasteiger charge is 2.20. The Hall–Kier alpha value is -2.43. The molecule has 0 radical (unpaired) electrons. The third kappa shape index (κ3) is 6.82. The van der Waals surface area contributed by atoms with Crippen molar-refractivity contribution in [2.75, 3.05) is 37.6 Å². The normalized spacial score (nSPS) is 14.4. The average Bonchev–Trinajstić information content (AvgIpc) is 2.75. The van der Waals surface area contributed by atoms with Gasteiger partial charge in [-0.2, -0.15) is 0 Å². The van der Waals surface area contributed by atoms with Gasteiger partial charge in [0.2, 0.25) is 0 Å². The number of pyridine rings is 1. The summed E-state index contributed by atoms with van der Waals surface area (Å²) in [5.41, 5.74) is 1.05. The third-order valence-electron chi connectivity index (χ3n) is 4.78. The topological polar surface area (TPSA) is 86.9 Å². The maximum atomic E-state index is 10.8. The van der Waals surface area contributed by atoms with Gasteiger partial charge in [-0.05, 0) is 23.6 Å². The van der Waals surface area contributed by atoms with E-state index in [2.05, 4.69) is 33.9 Å². The van der Waals surface area contributed by atoms with Gasteiger partial charge in [0.15, 0.2) is 5.96 Å². The van der Waals surface area contributed by atoms with Crippen molar-refractivity contribution in [3.63, 3.8) is 0 Å². The molecule has 0 atom stereocenters. The van der Waals surface area contributed by atoms with Crippen molar-refractivity contribution in [2.45, 2.75) is 20.4 Å². The SMILES string of the molecule is CC(C)CNC(=NCc1ccc([N+](=O)[O-])cc1)N1CCN(c2ccccn2)CC1.I. The number of nitro benzene ring substituents is 1. The molecule has 3 rings (SSSR count). The van der Waals surface area contributed by atoms with Crippen molar-refractivity contribution in [1.29, 1.82) is 0 Å². The minimum Gasteiger partial charge on any atom is -0.356 e. The molecule has 0 saturated carbocycles. The molecule has 1 aliphatic heterocycles. The zero-order valence-electron chi connectivity index (χ0n) is 17.4. The number of non-ortho nitro benzene ring substituents is 1. The summed E-state index contributed by atoms with van der Waals surface area (Å²) in [5, 5.41) is 14.3. The number of nitrogens with one attached hydrogen (secondary N) is 1. The Morgan fingerprint density at radius 1 is 1.17 bits per heavy atom. The summed E-state index contributed by atoms with van der Waals surface area (Å²) in [4.78, 5) is 24.2. The molecule has 2 aromatic rings. The van der Waals surface area contributed by atoms with E-state index in [1.807, 2.05) is 24.4 Å². The fraction of sp³-hybridized carbons (Fsp3) is 0.429. The van der Waals surface area contributed by atoms with Crippen LogP contribution in [0.15, 0.2) is 53.7 Å². The summed E-state index contributed by atoms with van der Waals surface area (Å²) in [7, 11) is 0. The van der Waals surface area contributed by atoms with Gasteiger partial charge in [0, 0.05) is 51.1 Å². The van der Waals surface area contributed by atoms with E-state index >= 15 is 0 Å². The lowest BCUT2D eigenvalue weighted by molar-refractivity contribution is -0.384. The van der Waals surface area contributed by atoms with Crippen LogP contribution in [0, 0.1) is 16.0 Å². The second-order valence-corrected chi connectivity index (χ2v) is 7.50. The van der Waals surface area contributed by atoms with Gasteiger partial charge in [0.1, 0.15) is 5.82 Å². The number of guanidine groups is 1. The van der Waals surface area contributed by atoms with Gasteiger partial charge in [-0.25, -0.2) is 9.98 Å². The third-order valence-corrected chi connectivity index (χ3v) is 4.78. The van der Waals surface area contributed by atoms with Gasteiger partial charge in [-0.3, -0.25) is 10.1 Å². The summed E-state index contributed by atoms with van der Waals surface area (Å²) in [6.07, 6.45) is 1.82. The van der Waals surface area contributed by atoms with Crippen LogP contribution in [-0.2, 0) is 6.54 Å². The smallest absolute Gasteiger partial charge is 0.269 e. The van der Waals surface area contributed by atoms with Gasteiger partial charge >= 0.3 is 0 Å². The second-order valence-electron chi connectivity index (χ2n) is 7.50. The summed E-state index contributed by atoms with van der Waals surface area (Å²) in [6, 6.07) is 12.6. The van der Waals surface area contributed by atoms with Gasteiger partial charge in [0.05, 0.1) is 11.5 Å². The molecule has 8 nitrogen and oxygen atoms in total. The monoisotopic (exact) mass is 524 g/mol. The van der Waals surface area contributed by atoms with E-state index in [9.17, 15) is 10.1 Å². The number of hydrogen-bond donors (Lipinski definition) is 1. The van der Waals surface area contributed by atoms with Crippen LogP contribution in [-0.4, -0.2) is 53.5 Å². The largest absolute Gasteiger partial charge is 0.356 e. The Morgan fingerprint density at radius 3 is 2.43 bits per heavy atom. The number of aliphatic imine (C=N–C) groups is 1. The number of hydrogen-bond acceptors (Lipinski definition) is 5. The quantitative estimate of drug-likeness (QED) is 0.205. The van der Waals surface area contributed by atoms with Crippen LogP contribution in [0.3, 0.4) is 0 Å². The molecule has 1 aromatic carbocycles. The molecule has 0 aliphatic carbocycles. The minimum absolute atomic E-state index is 0. The summed E-state index contributed by atoms with van der Waals surface area (Å²) in [6.45, 7) is 9.16. The minimum atomic E-state index is -0.385. The summed E-state index contributed by atoms with van der Waals surface area (Å²) in [5.74, 6) is 2.40. The number of anilines is 1. The van der Waals surface area contributed by atoms with Crippen molar-refractivity contribution in [3.8, 4) is 0 Å². The van der Waals surface area contributed by atoms with E-state index in [1.54, 1.807) is 12.1 Å². The fourth-order valence-corrected chi connectivity index (χ4v) is 3.14. The Bertz CT molecular complexity index is 821. The molecule has 1 fully saturated rings. The van der Waals surface area contributed by atoms with Gasteiger partial charge in [-0.1, -0.05) is 32.0 Å². The van der Waals surface area contributed by atoms with Crippen LogP contribution in [0.5, 0.6) is 0 Å². The molecule has 0 spiro atoms. The molecule has 1 saturated heterocycles. The number of aromatic nitrogens is 1. The number of halogens is 1. The second kappa shape index (κ2) is 11.7. The van der Waals surface area contributed by atoms with Crippen LogP contribution in [0.4, 0.5) is 11.5 Å². The lowest BCUT2D eigenvalue weighted by atomic mass is 10.2. The zero-order chi connectivity index (χ0) is 20.6.